The minimum atomic E-state index is -0.158. The molecule has 1 unspecified atom stereocenters. The monoisotopic (exact) mass is 396 g/mol. The first-order chi connectivity index (χ1) is 9.49. The summed E-state index contributed by atoms with van der Waals surface area (Å²) in [7, 11) is 0. The number of benzene rings is 2. The second-order valence-corrected chi connectivity index (χ2v) is 6.22. The summed E-state index contributed by atoms with van der Waals surface area (Å²) in [6.07, 6.45) is 0. The van der Waals surface area contributed by atoms with E-state index in [1.807, 2.05) is 43.3 Å². The van der Waals surface area contributed by atoms with Crippen LogP contribution < -0.4 is 11.1 Å². The fourth-order valence-electron chi connectivity index (χ4n) is 1.93. The zero-order valence-electron chi connectivity index (χ0n) is 10.9. The fourth-order valence-corrected chi connectivity index (χ4v) is 2.72. The molecule has 1 atom stereocenters. The minimum absolute atomic E-state index is 0.145. The summed E-state index contributed by atoms with van der Waals surface area (Å²) in [6, 6.07) is 12.8. The maximum Gasteiger partial charge on any atom is 0.252 e. The number of para-hydroxylation sites is 1. The Hall–Kier alpha value is -1.33. The van der Waals surface area contributed by atoms with Crippen molar-refractivity contribution in [2.24, 2.45) is 0 Å². The molecule has 0 aliphatic carbocycles. The van der Waals surface area contributed by atoms with E-state index in [1.54, 1.807) is 6.07 Å². The molecule has 0 aliphatic rings. The van der Waals surface area contributed by atoms with Gasteiger partial charge in [0.15, 0.2) is 0 Å². The number of amides is 1. The third-order valence-electron chi connectivity index (χ3n) is 2.98. The lowest BCUT2D eigenvalue weighted by Gasteiger charge is -2.17. The van der Waals surface area contributed by atoms with E-state index in [9.17, 15) is 4.79 Å². The molecule has 3 nitrogen and oxygen atoms in total. The molecule has 2 aromatic rings. The summed E-state index contributed by atoms with van der Waals surface area (Å²) in [5.41, 5.74) is 8.09. The van der Waals surface area contributed by atoms with Gasteiger partial charge < -0.3 is 11.1 Å². The molecule has 3 N–H and O–H groups in total. The highest BCUT2D eigenvalue weighted by Gasteiger charge is 2.15. The van der Waals surface area contributed by atoms with E-state index in [2.05, 4.69) is 37.2 Å². The van der Waals surface area contributed by atoms with Crippen molar-refractivity contribution in [2.45, 2.75) is 13.0 Å². The molecule has 0 fully saturated rings. The normalized spacial score (nSPS) is 11.9. The Labute approximate surface area is 134 Å². The minimum Gasteiger partial charge on any atom is -0.398 e. The first-order valence-electron chi connectivity index (χ1n) is 6.09. The van der Waals surface area contributed by atoms with Crippen LogP contribution in [-0.2, 0) is 0 Å². The molecule has 0 saturated heterocycles. The highest BCUT2D eigenvalue weighted by atomic mass is 79.9. The van der Waals surface area contributed by atoms with Crippen molar-refractivity contribution >= 4 is 43.5 Å². The van der Waals surface area contributed by atoms with Gasteiger partial charge in [0.05, 0.1) is 11.6 Å². The summed E-state index contributed by atoms with van der Waals surface area (Å²) in [5.74, 6) is -0.145. The summed E-state index contributed by atoms with van der Waals surface area (Å²) in [6.45, 7) is 1.91. The van der Waals surface area contributed by atoms with Crippen LogP contribution in [0.15, 0.2) is 51.4 Å². The number of rotatable bonds is 3. The Balaban J connectivity index is 2.20. The molecule has 0 spiro atoms. The Morgan fingerprint density at radius 3 is 2.60 bits per heavy atom. The molecule has 104 valence electrons. The molecular weight excluding hydrogens is 384 g/mol. The summed E-state index contributed by atoms with van der Waals surface area (Å²) in [4.78, 5) is 12.3. The van der Waals surface area contributed by atoms with Gasteiger partial charge in [0.2, 0.25) is 0 Å². The topological polar surface area (TPSA) is 55.1 Å². The second kappa shape index (κ2) is 6.41. The highest BCUT2D eigenvalue weighted by Crippen LogP contribution is 2.24. The maximum atomic E-state index is 12.3. The molecule has 2 rings (SSSR count). The predicted octanol–water partition coefficient (Wildman–Crippen LogP) is 4.28. The standard InChI is InChI=1S/C15H14Br2N2O/c1-9(11-4-2-3-5-14(11)18)19-15(20)12-8-10(16)6-7-13(12)17/h2-9H,18H2,1H3,(H,19,20). The molecule has 0 radical (unpaired) electrons. The molecule has 0 saturated carbocycles. The number of halogens is 2. The predicted molar refractivity (Wildman–Crippen MR) is 88.6 cm³/mol. The van der Waals surface area contributed by atoms with Crippen molar-refractivity contribution in [3.8, 4) is 0 Å². The van der Waals surface area contributed by atoms with Gasteiger partial charge in [0.25, 0.3) is 5.91 Å². The number of carbonyl (C=O) groups is 1. The summed E-state index contributed by atoms with van der Waals surface area (Å²) in [5, 5.41) is 2.95. The lowest BCUT2D eigenvalue weighted by molar-refractivity contribution is 0.0939. The van der Waals surface area contributed by atoms with Gasteiger partial charge in [-0.05, 0) is 52.7 Å². The lowest BCUT2D eigenvalue weighted by atomic mass is 10.1. The molecule has 2 aromatic carbocycles. The van der Waals surface area contributed by atoms with Gasteiger partial charge in [0, 0.05) is 14.6 Å². The molecule has 1 amide bonds. The van der Waals surface area contributed by atoms with Crippen molar-refractivity contribution in [3.05, 3.63) is 62.5 Å². The van der Waals surface area contributed by atoms with E-state index in [1.165, 1.54) is 0 Å². The van der Waals surface area contributed by atoms with Gasteiger partial charge in [0.1, 0.15) is 0 Å². The number of nitrogen functional groups attached to an aromatic ring is 1. The molecule has 5 heteroatoms. The fraction of sp³-hybridized carbons (Fsp3) is 0.133. The van der Waals surface area contributed by atoms with Gasteiger partial charge >= 0.3 is 0 Å². The number of nitrogens with one attached hydrogen (secondary N) is 1. The van der Waals surface area contributed by atoms with E-state index in [0.29, 0.717) is 11.3 Å². The Morgan fingerprint density at radius 1 is 1.20 bits per heavy atom. The average molecular weight is 398 g/mol. The van der Waals surface area contributed by atoms with E-state index in [4.69, 9.17) is 5.73 Å². The van der Waals surface area contributed by atoms with Gasteiger partial charge in [-0.25, -0.2) is 0 Å². The SMILES string of the molecule is CC(NC(=O)c1cc(Br)ccc1Br)c1ccccc1N. The molecular formula is C15H14Br2N2O. The number of anilines is 1. The number of hydrogen-bond acceptors (Lipinski definition) is 2. The van der Waals surface area contributed by atoms with Crippen LogP contribution >= 0.6 is 31.9 Å². The van der Waals surface area contributed by atoms with Gasteiger partial charge in [-0.2, -0.15) is 0 Å². The quantitative estimate of drug-likeness (QED) is 0.759. The summed E-state index contributed by atoms with van der Waals surface area (Å²) < 4.78 is 1.61. The van der Waals surface area contributed by atoms with Crippen LogP contribution in [0.1, 0.15) is 28.9 Å². The zero-order chi connectivity index (χ0) is 14.7. The van der Waals surface area contributed by atoms with Crippen LogP contribution in [-0.4, -0.2) is 5.91 Å². The highest BCUT2D eigenvalue weighted by molar-refractivity contribution is 9.11. The largest absolute Gasteiger partial charge is 0.398 e. The number of nitrogens with two attached hydrogens (primary N) is 1. The average Bonchev–Trinajstić information content (AvgIpc) is 2.41. The maximum absolute atomic E-state index is 12.3. The summed E-state index contributed by atoms with van der Waals surface area (Å²) >= 11 is 6.75. The van der Waals surface area contributed by atoms with E-state index in [0.717, 1.165) is 14.5 Å². The van der Waals surface area contributed by atoms with E-state index >= 15 is 0 Å². The van der Waals surface area contributed by atoms with Crippen molar-refractivity contribution in [1.29, 1.82) is 0 Å². The van der Waals surface area contributed by atoms with Crippen molar-refractivity contribution in [1.82, 2.24) is 5.32 Å². The Morgan fingerprint density at radius 2 is 1.90 bits per heavy atom. The molecule has 20 heavy (non-hydrogen) atoms. The van der Waals surface area contributed by atoms with Crippen LogP contribution in [0.5, 0.6) is 0 Å². The van der Waals surface area contributed by atoms with Crippen LogP contribution in [0.4, 0.5) is 5.69 Å². The third-order valence-corrected chi connectivity index (χ3v) is 4.17. The third kappa shape index (κ3) is 3.41. The van der Waals surface area contributed by atoms with Crippen molar-refractivity contribution in [3.63, 3.8) is 0 Å². The van der Waals surface area contributed by atoms with Gasteiger partial charge in [-0.1, -0.05) is 34.1 Å². The smallest absolute Gasteiger partial charge is 0.252 e. The van der Waals surface area contributed by atoms with Gasteiger partial charge in [-0.3, -0.25) is 4.79 Å². The lowest BCUT2D eigenvalue weighted by Crippen LogP contribution is -2.27. The van der Waals surface area contributed by atoms with E-state index in [-0.39, 0.29) is 11.9 Å². The van der Waals surface area contributed by atoms with Gasteiger partial charge in [-0.15, -0.1) is 0 Å². The first-order valence-corrected chi connectivity index (χ1v) is 7.68. The Bertz CT molecular complexity index is 644. The number of hydrogen-bond donors (Lipinski definition) is 2. The van der Waals surface area contributed by atoms with Crippen molar-refractivity contribution in [2.75, 3.05) is 5.73 Å². The molecule has 0 heterocycles. The van der Waals surface area contributed by atoms with Crippen molar-refractivity contribution < 1.29 is 4.79 Å². The van der Waals surface area contributed by atoms with Crippen LogP contribution in [0, 0.1) is 0 Å². The first kappa shape index (κ1) is 15.1. The second-order valence-electron chi connectivity index (χ2n) is 4.45. The molecule has 0 aliphatic heterocycles. The Kier molecular flexibility index (Phi) is 4.83. The number of carbonyl (C=O) groups excluding carboxylic acids is 1. The zero-order valence-corrected chi connectivity index (χ0v) is 14.0. The van der Waals surface area contributed by atoms with Crippen LogP contribution in [0.2, 0.25) is 0 Å². The van der Waals surface area contributed by atoms with Crippen LogP contribution in [0.3, 0.4) is 0 Å². The molecule has 0 bridgehead atoms. The van der Waals surface area contributed by atoms with Crippen LogP contribution in [0.25, 0.3) is 0 Å². The molecule has 0 aromatic heterocycles. The van der Waals surface area contributed by atoms with E-state index < -0.39 is 0 Å².